The van der Waals surface area contributed by atoms with Crippen LogP contribution >= 0.6 is 0 Å². The Morgan fingerprint density at radius 2 is 1.82 bits per heavy atom. The van der Waals surface area contributed by atoms with E-state index >= 15 is 0 Å². The van der Waals surface area contributed by atoms with Gasteiger partial charge in [-0.25, -0.2) is 0 Å². The first kappa shape index (κ1) is 16.9. The van der Waals surface area contributed by atoms with Gasteiger partial charge in [0, 0.05) is 44.8 Å². The van der Waals surface area contributed by atoms with Crippen LogP contribution in [0.3, 0.4) is 0 Å². The van der Waals surface area contributed by atoms with Crippen molar-refractivity contribution in [2.45, 2.75) is 6.54 Å². The molecule has 1 aliphatic rings. The summed E-state index contributed by atoms with van der Waals surface area (Å²) in [4.78, 5) is 16.6. The number of aliphatic hydroxyl groups excluding tert-OH is 1. The molecule has 1 aliphatic heterocycles. The van der Waals surface area contributed by atoms with Gasteiger partial charge in [0.15, 0.2) is 0 Å². The quantitative estimate of drug-likeness (QED) is 0.689. The Labute approximate surface area is 131 Å². The summed E-state index contributed by atoms with van der Waals surface area (Å²) < 4.78 is 5.27. The van der Waals surface area contributed by atoms with Gasteiger partial charge in [-0.3, -0.25) is 9.69 Å². The molecule has 0 atom stereocenters. The summed E-state index contributed by atoms with van der Waals surface area (Å²) in [6.45, 7) is 5.58. The zero-order valence-corrected chi connectivity index (χ0v) is 12.9. The highest BCUT2D eigenvalue weighted by atomic mass is 16.5. The number of aliphatic hydroxyl groups is 1. The summed E-state index contributed by atoms with van der Waals surface area (Å²) in [5.41, 5.74) is 7.32. The highest BCUT2D eigenvalue weighted by Gasteiger charge is 2.21. The molecule has 3 N–H and O–H groups in total. The minimum absolute atomic E-state index is 0.0607. The van der Waals surface area contributed by atoms with Crippen molar-refractivity contribution < 1.29 is 14.6 Å². The lowest BCUT2D eigenvalue weighted by atomic mass is 10.1. The molecule has 2 rings (SSSR count). The maximum atomic E-state index is 12.4. The van der Waals surface area contributed by atoms with Crippen molar-refractivity contribution in [1.82, 2.24) is 9.80 Å². The fourth-order valence-electron chi connectivity index (χ4n) is 2.50. The van der Waals surface area contributed by atoms with Crippen LogP contribution in [0.5, 0.6) is 0 Å². The van der Waals surface area contributed by atoms with Crippen LogP contribution in [0.1, 0.15) is 15.9 Å². The Morgan fingerprint density at radius 1 is 1.14 bits per heavy atom. The average Bonchev–Trinajstić information content (AvgIpc) is 2.59. The van der Waals surface area contributed by atoms with Gasteiger partial charge < -0.3 is 20.5 Å². The van der Waals surface area contributed by atoms with E-state index in [1.165, 1.54) is 0 Å². The van der Waals surface area contributed by atoms with Crippen molar-refractivity contribution in [2.75, 3.05) is 52.5 Å². The number of piperazine rings is 1. The van der Waals surface area contributed by atoms with Crippen molar-refractivity contribution in [3.8, 4) is 0 Å². The molecule has 1 amide bonds. The maximum absolute atomic E-state index is 12.4. The standard InChI is InChI=1S/C16H25N3O3/c17-13-14-1-3-15(4-2-14)16(21)19-7-5-18(6-8-19)9-11-22-12-10-20/h1-4,20H,5-13,17H2. The molecule has 1 fully saturated rings. The monoisotopic (exact) mass is 307 g/mol. The summed E-state index contributed by atoms with van der Waals surface area (Å²) in [5.74, 6) is 0.0831. The van der Waals surface area contributed by atoms with E-state index in [0.29, 0.717) is 19.8 Å². The van der Waals surface area contributed by atoms with Crippen molar-refractivity contribution in [3.63, 3.8) is 0 Å². The van der Waals surface area contributed by atoms with Crippen LogP contribution in [0.15, 0.2) is 24.3 Å². The Morgan fingerprint density at radius 3 is 2.41 bits per heavy atom. The van der Waals surface area contributed by atoms with Crippen LogP contribution in [-0.2, 0) is 11.3 Å². The number of amides is 1. The third-order valence-electron chi connectivity index (χ3n) is 3.88. The van der Waals surface area contributed by atoms with Crippen molar-refractivity contribution in [2.24, 2.45) is 5.73 Å². The number of hydrogen-bond donors (Lipinski definition) is 2. The number of benzene rings is 1. The van der Waals surface area contributed by atoms with Crippen molar-refractivity contribution in [3.05, 3.63) is 35.4 Å². The molecule has 6 heteroatoms. The summed E-state index contributed by atoms with van der Waals surface area (Å²) in [7, 11) is 0. The number of rotatable bonds is 7. The Bertz CT molecular complexity index is 456. The van der Waals surface area contributed by atoms with Gasteiger partial charge >= 0.3 is 0 Å². The molecule has 22 heavy (non-hydrogen) atoms. The van der Waals surface area contributed by atoms with E-state index < -0.39 is 0 Å². The third-order valence-corrected chi connectivity index (χ3v) is 3.88. The van der Waals surface area contributed by atoms with Gasteiger partial charge in [0.05, 0.1) is 19.8 Å². The van der Waals surface area contributed by atoms with Crippen molar-refractivity contribution in [1.29, 1.82) is 0 Å². The van der Waals surface area contributed by atoms with Gasteiger partial charge in [-0.1, -0.05) is 12.1 Å². The fourth-order valence-corrected chi connectivity index (χ4v) is 2.50. The van der Waals surface area contributed by atoms with Crippen LogP contribution in [0.2, 0.25) is 0 Å². The lowest BCUT2D eigenvalue weighted by Gasteiger charge is -2.34. The van der Waals surface area contributed by atoms with Gasteiger partial charge in [0.2, 0.25) is 0 Å². The molecular formula is C16H25N3O3. The molecule has 0 radical (unpaired) electrons. The third kappa shape index (κ3) is 4.78. The highest BCUT2D eigenvalue weighted by Crippen LogP contribution is 2.10. The Kier molecular flexibility index (Phi) is 6.79. The second kappa shape index (κ2) is 8.85. The topological polar surface area (TPSA) is 79.0 Å². The van der Waals surface area contributed by atoms with Crippen LogP contribution in [0.4, 0.5) is 0 Å². The number of nitrogens with zero attached hydrogens (tertiary/aromatic N) is 2. The van der Waals surface area contributed by atoms with Gasteiger partial charge in [-0.05, 0) is 17.7 Å². The van der Waals surface area contributed by atoms with Gasteiger partial charge in [-0.15, -0.1) is 0 Å². The van der Waals surface area contributed by atoms with E-state index in [4.69, 9.17) is 15.6 Å². The predicted molar refractivity (Wildman–Crippen MR) is 84.6 cm³/mol. The van der Waals surface area contributed by atoms with E-state index in [9.17, 15) is 4.79 Å². The van der Waals surface area contributed by atoms with E-state index in [2.05, 4.69) is 4.90 Å². The number of carbonyl (C=O) groups is 1. The molecule has 6 nitrogen and oxygen atoms in total. The second-order valence-corrected chi connectivity index (χ2v) is 5.37. The average molecular weight is 307 g/mol. The molecule has 0 unspecified atom stereocenters. The van der Waals surface area contributed by atoms with Crippen LogP contribution in [0.25, 0.3) is 0 Å². The first-order chi connectivity index (χ1) is 10.7. The molecular weight excluding hydrogens is 282 g/mol. The minimum Gasteiger partial charge on any atom is -0.394 e. The van der Waals surface area contributed by atoms with Crippen LogP contribution in [-0.4, -0.2) is 73.4 Å². The van der Waals surface area contributed by atoms with Crippen molar-refractivity contribution >= 4 is 5.91 Å². The number of carbonyl (C=O) groups excluding carboxylic acids is 1. The van der Waals surface area contributed by atoms with Gasteiger partial charge in [0.1, 0.15) is 0 Å². The molecule has 0 saturated carbocycles. The highest BCUT2D eigenvalue weighted by molar-refractivity contribution is 5.94. The second-order valence-electron chi connectivity index (χ2n) is 5.37. The fraction of sp³-hybridized carbons (Fsp3) is 0.562. The van der Waals surface area contributed by atoms with E-state index in [1.807, 2.05) is 29.2 Å². The smallest absolute Gasteiger partial charge is 0.253 e. The molecule has 122 valence electrons. The summed E-state index contributed by atoms with van der Waals surface area (Å²) >= 11 is 0. The van der Waals surface area contributed by atoms with Gasteiger partial charge in [0.25, 0.3) is 5.91 Å². The molecule has 0 spiro atoms. The van der Waals surface area contributed by atoms with Gasteiger partial charge in [-0.2, -0.15) is 0 Å². The summed E-state index contributed by atoms with van der Waals surface area (Å²) in [6, 6.07) is 7.50. The first-order valence-corrected chi connectivity index (χ1v) is 7.74. The van der Waals surface area contributed by atoms with Crippen LogP contribution < -0.4 is 5.73 Å². The molecule has 0 aromatic heterocycles. The van der Waals surface area contributed by atoms with E-state index in [0.717, 1.165) is 43.9 Å². The Hall–Kier alpha value is -1.47. The minimum atomic E-state index is 0.0607. The zero-order chi connectivity index (χ0) is 15.8. The lowest BCUT2D eigenvalue weighted by molar-refractivity contribution is 0.0486. The number of nitrogens with two attached hydrogens (primary N) is 1. The molecule has 1 aromatic carbocycles. The predicted octanol–water partition coefficient (Wildman–Crippen LogP) is -0.0880. The summed E-state index contributed by atoms with van der Waals surface area (Å²) in [6.07, 6.45) is 0. The number of ether oxygens (including phenoxy) is 1. The zero-order valence-electron chi connectivity index (χ0n) is 12.9. The largest absolute Gasteiger partial charge is 0.394 e. The van der Waals surface area contributed by atoms with E-state index in [1.54, 1.807) is 0 Å². The SMILES string of the molecule is NCc1ccc(C(=O)N2CCN(CCOCCO)CC2)cc1. The summed E-state index contributed by atoms with van der Waals surface area (Å²) in [5, 5.41) is 8.65. The van der Waals surface area contributed by atoms with E-state index in [-0.39, 0.29) is 12.5 Å². The maximum Gasteiger partial charge on any atom is 0.253 e. The normalized spacial score (nSPS) is 16.0. The first-order valence-electron chi connectivity index (χ1n) is 7.74. The van der Waals surface area contributed by atoms with Crippen LogP contribution in [0, 0.1) is 0 Å². The lowest BCUT2D eigenvalue weighted by Crippen LogP contribution is -2.49. The Balaban J connectivity index is 1.76. The number of hydrogen-bond acceptors (Lipinski definition) is 5. The molecule has 0 aliphatic carbocycles. The molecule has 1 saturated heterocycles. The molecule has 1 heterocycles. The molecule has 1 aromatic rings. The molecule has 0 bridgehead atoms.